The van der Waals surface area contributed by atoms with Gasteiger partial charge in [0.1, 0.15) is 0 Å². The zero-order valence-electron chi connectivity index (χ0n) is 15.8. The van der Waals surface area contributed by atoms with Gasteiger partial charge in [-0.25, -0.2) is 4.98 Å². The highest BCUT2D eigenvalue weighted by atomic mass is 16.6. The number of para-hydroxylation sites is 1. The predicted octanol–water partition coefficient (Wildman–Crippen LogP) is 3.19. The molecule has 1 heterocycles. The minimum Gasteiger partial charge on any atom is -0.480 e. The van der Waals surface area contributed by atoms with Gasteiger partial charge in [-0.1, -0.05) is 12.1 Å². The van der Waals surface area contributed by atoms with Crippen LogP contribution in [0.25, 0.3) is 10.9 Å². The summed E-state index contributed by atoms with van der Waals surface area (Å²) in [7, 11) is 0. The van der Waals surface area contributed by atoms with Gasteiger partial charge in [-0.05, 0) is 44.6 Å². The summed E-state index contributed by atoms with van der Waals surface area (Å²) in [6.07, 6.45) is 4.15. The summed E-state index contributed by atoms with van der Waals surface area (Å²) in [5.41, 5.74) is 1.97. The van der Waals surface area contributed by atoms with Crippen LogP contribution in [0.15, 0.2) is 24.3 Å². The Bertz CT molecular complexity index is 922. The first kappa shape index (κ1) is 18.6. The molecule has 0 aliphatic heterocycles. The molecule has 0 saturated heterocycles. The number of carbonyl (C=O) groups is 1. The molecule has 2 fully saturated rings. The minimum atomic E-state index is -0.778. The van der Waals surface area contributed by atoms with E-state index in [1.54, 1.807) is 6.07 Å². The van der Waals surface area contributed by atoms with Crippen molar-refractivity contribution in [2.24, 2.45) is 5.92 Å². The van der Waals surface area contributed by atoms with Crippen molar-refractivity contribution in [3.05, 3.63) is 40.1 Å². The lowest BCUT2D eigenvalue weighted by Gasteiger charge is -2.43. The molecule has 2 aliphatic rings. The van der Waals surface area contributed by atoms with Gasteiger partial charge in [0.2, 0.25) is 0 Å². The highest BCUT2D eigenvalue weighted by Crippen LogP contribution is 2.36. The Balaban J connectivity index is 1.48. The summed E-state index contributed by atoms with van der Waals surface area (Å²) < 4.78 is 0. The Hall–Kier alpha value is -2.74. The highest BCUT2D eigenvalue weighted by molar-refractivity contribution is 5.96. The number of benzene rings is 1. The lowest BCUT2D eigenvalue weighted by atomic mass is 9.85. The zero-order valence-corrected chi connectivity index (χ0v) is 15.8. The SMILES string of the molecule is Cc1cc(NC2CC(N(CC(=O)O)CC3CC3)C2)c2cccc([N+](=O)[O-])c2n1. The normalized spacial score (nSPS) is 21.5. The molecule has 2 aliphatic carbocycles. The number of nitro benzene ring substituents is 1. The third-order valence-electron chi connectivity index (χ3n) is 5.66. The van der Waals surface area contributed by atoms with E-state index in [4.69, 9.17) is 0 Å². The van der Waals surface area contributed by atoms with Crippen molar-refractivity contribution in [1.82, 2.24) is 9.88 Å². The van der Waals surface area contributed by atoms with E-state index >= 15 is 0 Å². The number of nitro groups is 1. The number of non-ortho nitro benzene ring substituents is 1. The number of pyridine rings is 1. The van der Waals surface area contributed by atoms with Gasteiger partial charge in [-0.15, -0.1) is 0 Å². The van der Waals surface area contributed by atoms with Gasteiger partial charge in [-0.3, -0.25) is 19.8 Å². The number of carboxylic acid groups (broad SMARTS) is 1. The van der Waals surface area contributed by atoms with Crippen molar-refractivity contribution >= 4 is 28.2 Å². The van der Waals surface area contributed by atoms with Gasteiger partial charge in [0.05, 0.1) is 11.5 Å². The van der Waals surface area contributed by atoms with Crippen molar-refractivity contribution in [1.29, 1.82) is 0 Å². The smallest absolute Gasteiger partial charge is 0.317 e. The number of aromatic nitrogens is 1. The van der Waals surface area contributed by atoms with Gasteiger partial charge >= 0.3 is 5.97 Å². The van der Waals surface area contributed by atoms with Crippen LogP contribution >= 0.6 is 0 Å². The summed E-state index contributed by atoms with van der Waals surface area (Å²) in [4.78, 5) is 28.6. The molecule has 0 spiro atoms. The van der Waals surface area contributed by atoms with Crippen molar-refractivity contribution in [3.8, 4) is 0 Å². The van der Waals surface area contributed by atoms with Crippen LogP contribution in [-0.4, -0.2) is 51.1 Å². The van der Waals surface area contributed by atoms with Crippen LogP contribution in [0.2, 0.25) is 0 Å². The first-order valence-corrected chi connectivity index (χ1v) is 9.68. The molecular formula is C20H24N4O4. The number of nitrogens with zero attached hydrogens (tertiary/aromatic N) is 3. The summed E-state index contributed by atoms with van der Waals surface area (Å²) in [6.45, 7) is 2.79. The molecule has 0 bridgehead atoms. The van der Waals surface area contributed by atoms with Gasteiger partial charge in [-0.2, -0.15) is 0 Å². The monoisotopic (exact) mass is 384 g/mol. The third-order valence-corrected chi connectivity index (χ3v) is 5.66. The summed E-state index contributed by atoms with van der Waals surface area (Å²) in [5.74, 6) is -0.126. The Morgan fingerprint density at radius 2 is 2.14 bits per heavy atom. The molecule has 8 heteroatoms. The topological polar surface area (TPSA) is 109 Å². The van der Waals surface area contributed by atoms with E-state index in [9.17, 15) is 20.0 Å². The number of carboxylic acids is 1. The van der Waals surface area contributed by atoms with E-state index in [1.807, 2.05) is 19.1 Å². The molecule has 4 rings (SSSR count). The van der Waals surface area contributed by atoms with Crippen LogP contribution in [0.3, 0.4) is 0 Å². The zero-order chi connectivity index (χ0) is 19.8. The lowest BCUT2D eigenvalue weighted by Crippen LogP contribution is -2.52. The molecule has 28 heavy (non-hydrogen) atoms. The Morgan fingerprint density at radius 1 is 1.39 bits per heavy atom. The van der Waals surface area contributed by atoms with E-state index in [-0.39, 0.29) is 24.3 Å². The van der Waals surface area contributed by atoms with Gasteiger partial charge in [0.25, 0.3) is 5.69 Å². The first-order chi connectivity index (χ1) is 13.4. The van der Waals surface area contributed by atoms with Gasteiger partial charge in [0.15, 0.2) is 5.52 Å². The molecule has 1 aromatic carbocycles. The lowest BCUT2D eigenvalue weighted by molar-refractivity contribution is -0.383. The van der Waals surface area contributed by atoms with Crippen LogP contribution < -0.4 is 5.32 Å². The maximum atomic E-state index is 11.3. The molecule has 2 N–H and O–H groups in total. The Kier molecular flexibility index (Phi) is 4.89. The number of rotatable bonds is 8. The average Bonchev–Trinajstić information content (AvgIpc) is 3.39. The van der Waals surface area contributed by atoms with Crippen molar-refractivity contribution < 1.29 is 14.8 Å². The molecule has 0 unspecified atom stereocenters. The van der Waals surface area contributed by atoms with E-state index in [0.29, 0.717) is 11.4 Å². The van der Waals surface area contributed by atoms with E-state index in [0.717, 1.165) is 36.2 Å². The maximum Gasteiger partial charge on any atom is 0.317 e. The third kappa shape index (κ3) is 3.91. The fourth-order valence-electron chi connectivity index (χ4n) is 4.00. The van der Waals surface area contributed by atoms with E-state index in [2.05, 4.69) is 15.2 Å². The van der Waals surface area contributed by atoms with Crippen molar-refractivity contribution in [2.45, 2.75) is 44.7 Å². The van der Waals surface area contributed by atoms with Crippen LogP contribution in [0.1, 0.15) is 31.4 Å². The van der Waals surface area contributed by atoms with Crippen LogP contribution in [-0.2, 0) is 4.79 Å². The molecule has 2 aromatic rings. The number of aryl methyl sites for hydroxylation is 1. The molecular weight excluding hydrogens is 360 g/mol. The van der Waals surface area contributed by atoms with E-state index < -0.39 is 10.9 Å². The number of fused-ring (bicyclic) bond motifs is 1. The van der Waals surface area contributed by atoms with Crippen LogP contribution in [0, 0.1) is 23.0 Å². The number of nitrogens with one attached hydrogen (secondary N) is 1. The Morgan fingerprint density at radius 3 is 2.79 bits per heavy atom. The predicted molar refractivity (Wildman–Crippen MR) is 105 cm³/mol. The van der Waals surface area contributed by atoms with Crippen molar-refractivity contribution in [3.63, 3.8) is 0 Å². The highest BCUT2D eigenvalue weighted by Gasteiger charge is 2.37. The molecule has 0 amide bonds. The molecule has 148 valence electrons. The van der Waals surface area contributed by atoms with Gasteiger partial charge < -0.3 is 10.4 Å². The largest absolute Gasteiger partial charge is 0.480 e. The average molecular weight is 384 g/mol. The second-order valence-electron chi connectivity index (χ2n) is 7.97. The second-order valence-corrected chi connectivity index (χ2v) is 7.97. The number of hydrogen-bond acceptors (Lipinski definition) is 6. The molecule has 0 radical (unpaired) electrons. The second kappa shape index (κ2) is 7.35. The minimum absolute atomic E-state index is 0.00722. The summed E-state index contributed by atoms with van der Waals surface area (Å²) in [6, 6.07) is 7.41. The molecule has 2 saturated carbocycles. The number of anilines is 1. The first-order valence-electron chi connectivity index (χ1n) is 9.68. The number of aliphatic carboxylic acids is 1. The summed E-state index contributed by atoms with van der Waals surface area (Å²) in [5, 5.41) is 24.7. The standard InChI is InChI=1S/C20H24N4O4/c1-12-7-17(16-3-2-4-18(24(27)28)20(16)21-12)22-14-8-15(9-14)23(11-19(25)26)10-13-5-6-13/h2-4,7,13-15H,5-6,8-11H2,1H3,(H,21,22)(H,25,26). The molecule has 0 atom stereocenters. The number of hydrogen-bond donors (Lipinski definition) is 2. The molecule has 1 aromatic heterocycles. The van der Waals surface area contributed by atoms with Gasteiger partial charge in [0, 0.05) is 41.5 Å². The van der Waals surface area contributed by atoms with Crippen molar-refractivity contribution in [2.75, 3.05) is 18.4 Å². The Labute approximate surface area is 162 Å². The molecule has 8 nitrogen and oxygen atoms in total. The van der Waals surface area contributed by atoms with E-state index in [1.165, 1.54) is 18.9 Å². The maximum absolute atomic E-state index is 11.3. The quantitative estimate of drug-likeness (QED) is 0.531. The summed E-state index contributed by atoms with van der Waals surface area (Å²) >= 11 is 0. The van der Waals surface area contributed by atoms with Crippen LogP contribution in [0.5, 0.6) is 0 Å². The fraction of sp³-hybridized carbons (Fsp3) is 0.500. The fourth-order valence-corrected chi connectivity index (χ4v) is 4.00. The van der Waals surface area contributed by atoms with Crippen LogP contribution in [0.4, 0.5) is 11.4 Å².